The normalized spacial score (nSPS) is 16.0. The highest BCUT2D eigenvalue weighted by atomic mass is 16.5. The van der Waals surface area contributed by atoms with Crippen LogP contribution in [0.1, 0.15) is 18.4 Å². The number of aliphatic hydroxyl groups is 4. The minimum absolute atomic E-state index is 0.0811. The maximum absolute atomic E-state index is 9.92. The predicted octanol–water partition coefficient (Wildman–Crippen LogP) is 0.0584. The van der Waals surface area contributed by atoms with Crippen molar-refractivity contribution in [3.8, 4) is 0 Å². The van der Waals surface area contributed by atoms with E-state index in [1.165, 1.54) is 0 Å². The van der Waals surface area contributed by atoms with Crippen LogP contribution in [-0.4, -0.2) is 52.0 Å². The van der Waals surface area contributed by atoms with Crippen LogP contribution in [0.3, 0.4) is 0 Å². The molecule has 0 amide bonds. The smallest absolute Gasteiger partial charge is 0.106 e. The summed E-state index contributed by atoms with van der Waals surface area (Å²) in [7, 11) is 0. The zero-order valence-electron chi connectivity index (χ0n) is 10.9. The summed E-state index contributed by atoms with van der Waals surface area (Å²) in [6.45, 7) is -0.0421. The van der Waals surface area contributed by atoms with Crippen molar-refractivity contribution in [2.45, 2.75) is 37.8 Å². The summed E-state index contributed by atoms with van der Waals surface area (Å²) in [6, 6.07) is 9.46. The van der Waals surface area contributed by atoms with Crippen LogP contribution in [-0.2, 0) is 11.3 Å². The van der Waals surface area contributed by atoms with E-state index in [2.05, 4.69) is 0 Å². The van der Waals surface area contributed by atoms with Gasteiger partial charge in [-0.3, -0.25) is 0 Å². The van der Waals surface area contributed by atoms with Crippen molar-refractivity contribution < 1.29 is 25.2 Å². The van der Waals surface area contributed by atoms with Crippen LogP contribution < -0.4 is 0 Å². The van der Waals surface area contributed by atoms with Crippen molar-refractivity contribution >= 4 is 0 Å². The molecule has 1 aromatic carbocycles. The zero-order chi connectivity index (χ0) is 14.1. The van der Waals surface area contributed by atoms with Crippen molar-refractivity contribution in [3.63, 3.8) is 0 Å². The van der Waals surface area contributed by atoms with Gasteiger partial charge in [0.2, 0.25) is 0 Å². The van der Waals surface area contributed by atoms with Crippen molar-refractivity contribution in [2.24, 2.45) is 0 Å². The number of ether oxygens (including phenoxy) is 1. The second kappa shape index (κ2) is 9.01. The van der Waals surface area contributed by atoms with E-state index in [-0.39, 0.29) is 26.1 Å². The summed E-state index contributed by atoms with van der Waals surface area (Å²) in [5.74, 6) is 0. The Kier molecular flexibility index (Phi) is 7.62. The average Bonchev–Trinajstić information content (AvgIpc) is 2.44. The largest absolute Gasteiger partial charge is 0.396 e. The first kappa shape index (κ1) is 16.1. The third-order valence-corrected chi connectivity index (χ3v) is 2.92. The highest BCUT2D eigenvalue weighted by molar-refractivity contribution is 5.13. The first-order valence-electron chi connectivity index (χ1n) is 6.42. The predicted molar refractivity (Wildman–Crippen MR) is 70.4 cm³/mol. The van der Waals surface area contributed by atoms with E-state index in [0.717, 1.165) is 5.56 Å². The Morgan fingerprint density at radius 2 is 1.58 bits per heavy atom. The molecule has 0 aliphatic heterocycles. The van der Waals surface area contributed by atoms with Crippen molar-refractivity contribution in [3.05, 3.63) is 35.9 Å². The lowest BCUT2D eigenvalue weighted by Gasteiger charge is -2.26. The van der Waals surface area contributed by atoms with Crippen molar-refractivity contribution in [2.75, 3.05) is 13.2 Å². The van der Waals surface area contributed by atoms with Crippen LogP contribution in [0.25, 0.3) is 0 Å². The van der Waals surface area contributed by atoms with E-state index in [0.29, 0.717) is 6.61 Å². The lowest BCUT2D eigenvalue weighted by molar-refractivity contribution is -0.106. The van der Waals surface area contributed by atoms with Crippen molar-refractivity contribution in [1.29, 1.82) is 0 Å². The molecule has 0 saturated carbocycles. The molecule has 5 nitrogen and oxygen atoms in total. The lowest BCUT2D eigenvalue weighted by Crippen LogP contribution is -2.40. The van der Waals surface area contributed by atoms with E-state index in [1.807, 2.05) is 30.3 Å². The van der Waals surface area contributed by atoms with Gasteiger partial charge in [0.05, 0.1) is 18.8 Å². The van der Waals surface area contributed by atoms with Gasteiger partial charge in [-0.05, 0) is 18.4 Å². The third-order valence-electron chi connectivity index (χ3n) is 2.92. The fourth-order valence-electron chi connectivity index (χ4n) is 1.81. The monoisotopic (exact) mass is 270 g/mol. The van der Waals surface area contributed by atoms with Gasteiger partial charge in [-0.15, -0.1) is 0 Å². The highest BCUT2D eigenvalue weighted by Gasteiger charge is 2.26. The molecule has 0 saturated heterocycles. The van der Waals surface area contributed by atoms with Crippen LogP contribution >= 0.6 is 0 Å². The van der Waals surface area contributed by atoms with Crippen LogP contribution in [0.5, 0.6) is 0 Å². The topological polar surface area (TPSA) is 90.2 Å². The number of hydrogen-bond donors (Lipinski definition) is 4. The van der Waals surface area contributed by atoms with Gasteiger partial charge < -0.3 is 25.2 Å². The highest BCUT2D eigenvalue weighted by Crippen LogP contribution is 2.13. The molecule has 0 aliphatic carbocycles. The average molecular weight is 270 g/mol. The second-order valence-electron chi connectivity index (χ2n) is 4.42. The van der Waals surface area contributed by atoms with E-state index < -0.39 is 18.3 Å². The van der Waals surface area contributed by atoms with Gasteiger partial charge >= 0.3 is 0 Å². The molecule has 0 bridgehead atoms. The number of benzene rings is 1. The quantitative estimate of drug-likeness (QED) is 0.509. The standard InChI is InChI=1S/C14H22O5/c15-8-6-12(17)14(18)13(7-9-16)19-10-11-4-2-1-3-5-11/h1-5,12-18H,6-10H2. The molecular weight excluding hydrogens is 248 g/mol. The molecule has 5 heteroatoms. The summed E-state index contributed by atoms with van der Waals surface area (Å²) in [5.41, 5.74) is 0.953. The van der Waals surface area contributed by atoms with Crippen LogP contribution in [0.15, 0.2) is 30.3 Å². The molecule has 0 spiro atoms. The molecule has 1 rings (SSSR count). The van der Waals surface area contributed by atoms with Gasteiger partial charge in [0.25, 0.3) is 0 Å². The molecular formula is C14H22O5. The Hall–Kier alpha value is -0.980. The molecule has 4 N–H and O–H groups in total. The van der Waals surface area contributed by atoms with Gasteiger partial charge in [-0.1, -0.05) is 30.3 Å². The summed E-state index contributed by atoms with van der Waals surface area (Å²) in [6.07, 6.45) is -2.53. The second-order valence-corrected chi connectivity index (χ2v) is 4.42. The van der Waals surface area contributed by atoms with E-state index in [4.69, 9.17) is 14.9 Å². The SMILES string of the molecule is OCCC(O)C(O)C(CCO)OCc1ccccc1. The molecule has 19 heavy (non-hydrogen) atoms. The van der Waals surface area contributed by atoms with Gasteiger partial charge in [0.1, 0.15) is 6.10 Å². The zero-order valence-corrected chi connectivity index (χ0v) is 10.9. The van der Waals surface area contributed by atoms with E-state index >= 15 is 0 Å². The summed E-state index contributed by atoms with van der Waals surface area (Å²) < 4.78 is 5.55. The summed E-state index contributed by atoms with van der Waals surface area (Å²) >= 11 is 0. The maximum atomic E-state index is 9.92. The summed E-state index contributed by atoms with van der Waals surface area (Å²) in [5, 5.41) is 37.3. The van der Waals surface area contributed by atoms with Crippen LogP contribution in [0.2, 0.25) is 0 Å². The molecule has 3 atom stereocenters. The number of aliphatic hydroxyl groups excluding tert-OH is 4. The Labute approximate surface area is 113 Å². The van der Waals surface area contributed by atoms with E-state index in [9.17, 15) is 10.2 Å². The minimum Gasteiger partial charge on any atom is -0.396 e. The lowest BCUT2D eigenvalue weighted by atomic mass is 10.0. The molecule has 108 valence electrons. The molecule has 0 aromatic heterocycles. The van der Waals surface area contributed by atoms with Gasteiger partial charge in [0, 0.05) is 13.2 Å². The molecule has 0 radical (unpaired) electrons. The Balaban J connectivity index is 2.52. The first-order chi connectivity index (χ1) is 9.19. The van der Waals surface area contributed by atoms with Crippen LogP contribution in [0.4, 0.5) is 0 Å². The molecule has 3 unspecified atom stereocenters. The first-order valence-corrected chi connectivity index (χ1v) is 6.42. The van der Waals surface area contributed by atoms with Gasteiger partial charge in [-0.2, -0.15) is 0 Å². The van der Waals surface area contributed by atoms with Crippen LogP contribution in [0, 0.1) is 0 Å². The number of rotatable bonds is 9. The van der Waals surface area contributed by atoms with Crippen molar-refractivity contribution in [1.82, 2.24) is 0 Å². The fourth-order valence-corrected chi connectivity index (χ4v) is 1.81. The Morgan fingerprint density at radius 1 is 0.947 bits per heavy atom. The van der Waals surface area contributed by atoms with E-state index in [1.54, 1.807) is 0 Å². The third kappa shape index (κ3) is 5.67. The Morgan fingerprint density at radius 3 is 2.16 bits per heavy atom. The molecule has 1 aromatic rings. The number of hydrogen-bond acceptors (Lipinski definition) is 5. The fraction of sp³-hybridized carbons (Fsp3) is 0.571. The van der Waals surface area contributed by atoms with Gasteiger partial charge in [-0.25, -0.2) is 0 Å². The van der Waals surface area contributed by atoms with Gasteiger partial charge in [0.15, 0.2) is 0 Å². The molecule has 0 fully saturated rings. The maximum Gasteiger partial charge on any atom is 0.106 e. The minimum atomic E-state index is -1.12. The molecule has 0 heterocycles. The Bertz CT molecular complexity index is 330. The molecule has 0 aliphatic rings. The summed E-state index contributed by atoms with van der Waals surface area (Å²) in [4.78, 5) is 0.